The lowest BCUT2D eigenvalue weighted by Crippen LogP contribution is -2.21. The van der Waals surface area contributed by atoms with Gasteiger partial charge in [-0.2, -0.15) is 5.10 Å². The van der Waals surface area contributed by atoms with Crippen LogP contribution in [0.2, 0.25) is 0 Å². The summed E-state index contributed by atoms with van der Waals surface area (Å²) >= 11 is 0. The lowest BCUT2D eigenvalue weighted by molar-refractivity contribution is 0.0827. The molecular formula is C26H24N4O3. The summed E-state index contributed by atoms with van der Waals surface area (Å²) in [4.78, 5) is 26.8. The van der Waals surface area contributed by atoms with Gasteiger partial charge in [-0.1, -0.05) is 18.2 Å². The van der Waals surface area contributed by atoms with E-state index in [-0.39, 0.29) is 11.8 Å². The standard InChI is InChI=1S/C26H24N4O3/c1-29(2)26(32)19-9-13-20(14-10-19)27-25(31)23-17-30(21-7-5-4-6-8-21)28-24(23)18-11-15-22(33-3)16-12-18/h4-17H,1-3H3,(H,27,31). The van der Waals surface area contributed by atoms with Crippen LogP contribution in [0.4, 0.5) is 5.69 Å². The SMILES string of the molecule is COc1ccc(-c2nn(-c3ccccc3)cc2C(=O)Nc2ccc(C(=O)N(C)C)cc2)cc1. The molecule has 1 N–H and O–H groups in total. The number of nitrogens with zero attached hydrogens (tertiary/aromatic N) is 3. The van der Waals surface area contributed by atoms with Crippen LogP contribution in [0.15, 0.2) is 85.1 Å². The summed E-state index contributed by atoms with van der Waals surface area (Å²) < 4.78 is 6.93. The summed E-state index contributed by atoms with van der Waals surface area (Å²) in [6.07, 6.45) is 1.72. The molecule has 3 aromatic carbocycles. The van der Waals surface area contributed by atoms with E-state index in [9.17, 15) is 9.59 Å². The number of hydrogen-bond acceptors (Lipinski definition) is 4. The number of aromatic nitrogens is 2. The van der Waals surface area contributed by atoms with E-state index in [1.807, 2.05) is 54.6 Å². The normalized spacial score (nSPS) is 10.5. The second-order valence-corrected chi connectivity index (χ2v) is 7.63. The van der Waals surface area contributed by atoms with Crippen LogP contribution in [-0.2, 0) is 0 Å². The first kappa shape index (κ1) is 21.8. The topological polar surface area (TPSA) is 76.5 Å². The Morgan fingerprint density at radius 2 is 1.58 bits per heavy atom. The summed E-state index contributed by atoms with van der Waals surface area (Å²) in [5.41, 5.74) is 3.76. The highest BCUT2D eigenvalue weighted by molar-refractivity contribution is 6.08. The van der Waals surface area contributed by atoms with Crippen molar-refractivity contribution in [1.82, 2.24) is 14.7 Å². The van der Waals surface area contributed by atoms with E-state index < -0.39 is 0 Å². The molecular weight excluding hydrogens is 416 g/mol. The maximum absolute atomic E-state index is 13.2. The highest BCUT2D eigenvalue weighted by atomic mass is 16.5. The number of methoxy groups -OCH3 is 1. The zero-order valence-corrected chi connectivity index (χ0v) is 18.6. The average molecular weight is 441 g/mol. The maximum Gasteiger partial charge on any atom is 0.259 e. The monoisotopic (exact) mass is 440 g/mol. The maximum atomic E-state index is 13.2. The smallest absolute Gasteiger partial charge is 0.259 e. The van der Waals surface area contributed by atoms with Crippen LogP contribution in [-0.4, -0.2) is 47.7 Å². The lowest BCUT2D eigenvalue weighted by atomic mass is 10.1. The molecule has 0 saturated heterocycles. The minimum Gasteiger partial charge on any atom is -0.497 e. The Labute approximate surface area is 192 Å². The first-order valence-electron chi connectivity index (χ1n) is 10.4. The van der Waals surface area contributed by atoms with E-state index in [1.165, 1.54) is 4.90 Å². The molecule has 0 saturated carbocycles. The average Bonchev–Trinajstić information content (AvgIpc) is 3.30. The van der Waals surface area contributed by atoms with Gasteiger partial charge in [-0.25, -0.2) is 4.68 Å². The predicted molar refractivity (Wildman–Crippen MR) is 128 cm³/mol. The van der Waals surface area contributed by atoms with Gasteiger partial charge in [0.1, 0.15) is 11.4 Å². The number of hydrogen-bond donors (Lipinski definition) is 1. The molecule has 2 amide bonds. The second-order valence-electron chi connectivity index (χ2n) is 7.63. The highest BCUT2D eigenvalue weighted by Crippen LogP contribution is 2.26. The molecule has 33 heavy (non-hydrogen) atoms. The van der Waals surface area contributed by atoms with Gasteiger partial charge in [-0.15, -0.1) is 0 Å². The molecule has 0 bridgehead atoms. The van der Waals surface area contributed by atoms with Gasteiger partial charge in [-0.3, -0.25) is 9.59 Å². The summed E-state index contributed by atoms with van der Waals surface area (Å²) in [5.74, 6) is 0.327. The van der Waals surface area contributed by atoms with E-state index in [2.05, 4.69) is 5.32 Å². The van der Waals surface area contributed by atoms with Crippen molar-refractivity contribution in [2.75, 3.05) is 26.5 Å². The summed E-state index contributed by atoms with van der Waals surface area (Å²) in [5, 5.41) is 7.60. The Kier molecular flexibility index (Phi) is 6.22. The van der Waals surface area contributed by atoms with Crippen LogP contribution in [0.1, 0.15) is 20.7 Å². The van der Waals surface area contributed by atoms with Gasteiger partial charge in [0.05, 0.1) is 18.4 Å². The van der Waals surface area contributed by atoms with Gasteiger partial charge in [-0.05, 0) is 60.7 Å². The molecule has 0 atom stereocenters. The van der Waals surface area contributed by atoms with Crippen molar-refractivity contribution >= 4 is 17.5 Å². The van der Waals surface area contributed by atoms with E-state index >= 15 is 0 Å². The van der Waals surface area contributed by atoms with Crippen LogP contribution in [0.25, 0.3) is 16.9 Å². The Bertz CT molecular complexity index is 1260. The van der Waals surface area contributed by atoms with Gasteiger partial charge < -0.3 is 15.0 Å². The van der Waals surface area contributed by atoms with Gasteiger partial charge in [0.15, 0.2) is 0 Å². The van der Waals surface area contributed by atoms with Gasteiger partial charge in [0, 0.05) is 37.1 Å². The minimum absolute atomic E-state index is 0.0983. The minimum atomic E-state index is -0.297. The molecule has 0 unspecified atom stereocenters. The van der Waals surface area contributed by atoms with Crippen LogP contribution in [0.5, 0.6) is 5.75 Å². The Morgan fingerprint density at radius 1 is 0.909 bits per heavy atom. The third kappa shape index (κ3) is 4.77. The molecule has 4 aromatic rings. The molecule has 1 aromatic heterocycles. The number of carbonyl (C=O) groups is 2. The zero-order chi connectivity index (χ0) is 23.4. The van der Waals surface area contributed by atoms with E-state index in [0.717, 1.165) is 17.0 Å². The van der Waals surface area contributed by atoms with Crippen LogP contribution < -0.4 is 10.1 Å². The van der Waals surface area contributed by atoms with Crippen molar-refractivity contribution in [3.8, 4) is 22.7 Å². The Balaban J connectivity index is 1.67. The van der Waals surface area contributed by atoms with Crippen LogP contribution in [0, 0.1) is 0 Å². The fourth-order valence-electron chi connectivity index (χ4n) is 3.37. The third-order valence-corrected chi connectivity index (χ3v) is 5.14. The molecule has 166 valence electrons. The number of anilines is 1. The molecule has 0 aliphatic heterocycles. The second kappa shape index (κ2) is 9.40. The number of para-hydroxylation sites is 1. The Morgan fingerprint density at radius 3 is 2.18 bits per heavy atom. The van der Waals surface area contributed by atoms with Gasteiger partial charge >= 0.3 is 0 Å². The van der Waals surface area contributed by atoms with Gasteiger partial charge in [0.2, 0.25) is 0 Å². The summed E-state index contributed by atoms with van der Waals surface area (Å²) in [7, 11) is 5.00. The molecule has 4 rings (SSSR count). The number of benzene rings is 3. The van der Waals surface area contributed by atoms with Crippen molar-refractivity contribution in [1.29, 1.82) is 0 Å². The number of nitrogens with one attached hydrogen (secondary N) is 1. The Hall–Kier alpha value is -4.39. The van der Waals surface area contributed by atoms with E-state index in [0.29, 0.717) is 22.5 Å². The number of amides is 2. The summed E-state index contributed by atoms with van der Waals surface area (Å²) in [6.45, 7) is 0. The van der Waals surface area contributed by atoms with Crippen molar-refractivity contribution < 1.29 is 14.3 Å². The fraction of sp³-hybridized carbons (Fsp3) is 0.115. The van der Waals surface area contributed by atoms with E-state index in [1.54, 1.807) is 56.3 Å². The quantitative estimate of drug-likeness (QED) is 0.479. The number of rotatable bonds is 6. The van der Waals surface area contributed by atoms with E-state index in [4.69, 9.17) is 9.84 Å². The first-order valence-corrected chi connectivity index (χ1v) is 10.4. The molecule has 0 spiro atoms. The van der Waals surface area contributed by atoms with Crippen molar-refractivity contribution in [3.05, 3.63) is 96.2 Å². The molecule has 7 nitrogen and oxygen atoms in total. The molecule has 0 aliphatic rings. The zero-order valence-electron chi connectivity index (χ0n) is 18.6. The van der Waals surface area contributed by atoms with Crippen molar-refractivity contribution in [2.45, 2.75) is 0 Å². The predicted octanol–water partition coefficient (Wildman–Crippen LogP) is 4.50. The first-order chi connectivity index (χ1) is 16.0. The molecule has 0 aliphatic carbocycles. The van der Waals surface area contributed by atoms with Crippen molar-refractivity contribution in [2.24, 2.45) is 0 Å². The lowest BCUT2D eigenvalue weighted by Gasteiger charge is -2.11. The molecule has 0 radical (unpaired) electrons. The molecule has 1 heterocycles. The fourth-order valence-corrected chi connectivity index (χ4v) is 3.37. The molecule has 0 fully saturated rings. The molecule has 7 heteroatoms. The van der Waals surface area contributed by atoms with Gasteiger partial charge in [0.25, 0.3) is 11.8 Å². The van der Waals surface area contributed by atoms with Crippen LogP contribution >= 0.6 is 0 Å². The number of ether oxygens (including phenoxy) is 1. The summed E-state index contributed by atoms with van der Waals surface area (Å²) in [6, 6.07) is 23.8. The third-order valence-electron chi connectivity index (χ3n) is 5.14. The van der Waals surface area contributed by atoms with Crippen LogP contribution in [0.3, 0.4) is 0 Å². The van der Waals surface area contributed by atoms with Crippen molar-refractivity contribution in [3.63, 3.8) is 0 Å². The number of carbonyl (C=O) groups excluding carboxylic acids is 2. The highest BCUT2D eigenvalue weighted by Gasteiger charge is 2.19. The largest absolute Gasteiger partial charge is 0.497 e.